The van der Waals surface area contributed by atoms with Crippen LogP contribution in [-0.2, 0) is 0 Å². The summed E-state index contributed by atoms with van der Waals surface area (Å²) in [4.78, 5) is 2.12. The van der Waals surface area contributed by atoms with Crippen molar-refractivity contribution < 1.29 is 9.84 Å². The van der Waals surface area contributed by atoms with E-state index in [2.05, 4.69) is 10.2 Å². The molecule has 2 atom stereocenters. The second-order valence-electron chi connectivity index (χ2n) is 4.29. The molecule has 1 aromatic carbocycles. The number of aliphatic hydroxyl groups is 1. The van der Waals surface area contributed by atoms with E-state index in [0.717, 1.165) is 12.2 Å². The molecule has 17 heavy (non-hydrogen) atoms. The molecule has 4 N–H and O–H groups in total. The number of anilines is 2. The first-order valence-corrected chi connectivity index (χ1v) is 5.69. The summed E-state index contributed by atoms with van der Waals surface area (Å²) >= 11 is 0. The number of likely N-dealkylation sites (N-methyl/N-ethyl adjacent to an activating group) is 1. The highest BCUT2D eigenvalue weighted by Crippen LogP contribution is 2.29. The van der Waals surface area contributed by atoms with Crippen LogP contribution in [0.5, 0.6) is 5.75 Å². The van der Waals surface area contributed by atoms with Crippen LogP contribution in [0.3, 0.4) is 0 Å². The average molecular weight is 237 g/mol. The monoisotopic (exact) mass is 237 g/mol. The summed E-state index contributed by atoms with van der Waals surface area (Å²) in [5.41, 5.74) is 7.42. The maximum Gasteiger partial charge on any atom is 0.143 e. The van der Waals surface area contributed by atoms with Gasteiger partial charge in [-0.1, -0.05) is 0 Å². The summed E-state index contributed by atoms with van der Waals surface area (Å²) in [5.74, 6) is 0.671. The Hall–Kier alpha value is -1.46. The SMILES string of the molecule is CNC1CN(c2ccc(N)c(OC)c2)CC1O. The van der Waals surface area contributed by atoms with Crippen LogP contribution >= 0.6 is 0 Å². The van der Waals surface area contributed by atoms with Gasteiger partial charge in [-0.25, -0.2) is 0 Å². The Morgan fingerprint density at radius 1 is 1.47 bits per heavy atom. The fourth-order valence-corrected chi connectivity index (χ4v) is 2.18. The van der Waals surface area contributed by atoms with Crippen LogP contribution in [0.25, 0.3) is 0 Å². The number of nitrogens with one attached hydrogen (secondary N) is 1. The minimum absolute atomic E-state index is 0.110. The Labute approximate surface area is 101 Å². The van der Waals surface area contributed by atoms with E-state index in [1.54, 1.807) is 7.11 Å². The lowest BCUT2D eigenvalue weighted by atomic mass is 10.2. The molecule has 0 spiro atoms. The maximum atomic E-state index is 9.84. The van der Waals surface area contributed by atoms with Gasteiger partial charge in [0.05, 0.1) is 24.9 Å². The van der Waals surface area contributed by atoms with Gasteiger partial charge in [-0.3, -0.25) is 0 Å². The van der Waals surface area contributed by atoms with Gasteiger partial charge < -0.3 is 25.8 Å². The summed E-state index contributed by atoms with van der Waals surface area (Å²) < 4.78 is 5.20. The van der Waals surface area contributed by atoms with Crippen molar-refractivity contribution in [3.05, 3.63) is 18.2 Å². The predicted molar refractivity (Wildman–Crippen MR) is 68.5 cm³/mol. The van der Waals surface area contributed by atoms with Crippen molar-refractivity contribution in [1.29, 1.82) is 0 Å². The molecular formula is C12H19N3O2. The molecule has 1 fully saturated rings. The highest BCUT2D eigenvalue weighted by Gasteiger charge is 2.30. The first kappa shape index (κ1) is 12.0. The molecular weight excluding hydrogens is 218 g/mol. The van der Waals surface area contributed by atoms with Crippen molar-refractivity contribution in [1.82, 2.24) is 5.32 Å². The largest absolute Gasteiger partial charge is 0.495 e. The molecule has 0 saturated carbocycles. The molecule has 0 amide bonds. The molecule has 2 rings (SSSR count). The van der Waals surface area contributed by atoms with Gasteiger partial charge in [-0.15, -0.1) is 0 Å². The Balaban J connectivity index is 2.18. The Bertz CT molecular complexity index is 397. The molecule has 2 unspecified atom stereocenters. The van der Waals surface area contributed by atoms with E-state index in [0.29, 0.717) is 18.0 Å². The molecule has 1 aliphatic heterocycles. The summed E-state index contributed by atoms with van der Waals surface area (Å²) in [6.07, 6.45) is -0.344. The van der Waals surface area contributed by atoms with Gasteiger partial charge in [0, 0.05) is 24.8 Å². The quantitative estimate of drug-likeness (QED) is 0.648. The Kier molecular flexibility index (Phi) is 3.40. The zero-order valence-corrected chi connectivity index (χ0v) is 10.2. The molecule has 94 valence electrons. The summed E-state index contributed by atoms with van der Waals surface area (Å²) in [5, 5.41) is 12.9. The number of nitrogens with zero attached hydrogens (tertiary/aromatic N) is 1. The van der Waals surface area contributed by atoms with Crippen molar-refractivity contribution in [2.45, 2.75) is 12.1 Å². The minimum Gasteiger partial charge on any atom is -0.495 e. The number of nitrogen functional groups attached to an aromatic ring is 1. The average Bonchev–Trinajstić information content (AvgIpc) is 2.71. The second kappa shape index (κ2) is 4.81. The third-order valence-corrected chi connectivity index (χ3v) is 3.24. The van der Waals surface area contributed by atoms with Gasteiger partial charge in [0.2, 0.25) is 0 Å². The molecule has 5 heteroatoms. The van der Waals surface area contributed by atoms with Gasteiger partial charge in [0.15, 0.2) is 0 Å². The predicted octanol–water partition coefficient (Wildman–Crippen LogP) is 0.0463. The molecule has 0 bridgehead atoms. The van der Waals surface area contributed by atoms with Gasteiger partial charge >= 0.3 is 0 Å². The van der Waals surface area contributed by atoms with E-state index in [1.165, 1.54) is 0 Å². The second-order valence-corrected chi connectivity index (χ2v) is 4.29. The minimum atomic E-state index is -0.344. The van der Waals surface area contributed by atoms with E-state index in [9.17, 15) is 5.11 Å². The third-order valence-electron chi connectivity index (χ3n) is 3.24. The number of methoxy groups -OCH3 is 1. The van der Waals surface area contributed by atoms with Crippen molar-refractivity contribution in [2.75, 3.05) is 37.9 Å². The highest BCUT2D eigenvalue weighted by atomic mass is 16.5. The Morgan fingerprint density at radius 3 is 2.82 bits per heavy atom. The molecule has 1 aliphatic rings. The number of benzene rings is 1. The van der Waals surface area contributed by atoms with Gasteiger partial charge in [0.25, 0.3) is 0 Å². The first-order valence-electron chi connectivity index (χ1n) is 5.69. The number of β-amino-alcohol motifs (C(OH)–C–C–N with tert-alkyl or cyclic N) is 1. The fraction of sp³-hybridized carbons (Fsp3) is 0.500. The number of hydrogen-bond donors (Lipinski definition) is 3. The summed E-state index contributed by atoms with van der Waals surface area (Å²) in [6, 6.07) is 5.79. The van der Waals surface area contributed by atoms with Crippen LogP contribution < -0.4 is 20.7 Å². The number of aliphatic hydroxyl groups excluding tert-OH is 1. The fourth-order valence-electron chi connectivity index (χ4n) is 2.18. The van der Waals surface area contributed by atoms with Crippen LogP contribution in [0.1, 0.15) is 0 Å². The number of nitrogens with two attached hydrogens (primary N) is 1. The topological polar surface area (TPSA) is 70.8 Å². The first-order chi connectivity index (χ1) is 8.15. The number of rotatable bonds is 3. The third kappa shape index (κ3) is 2.30. The molecule has 1 heterocycles. The van der Waals surface area contributed by atoms with Crippen LogP contribution in [0, 0.1) is 0 Å². The van der Waals surface area contributed by atoms with Crippen molar-refractivity contribution in [3.63, 3.8) is 0 Å². The van der Waals surface area contributed by atoms with Crippen LogP contribution in [0.2, 0.25) is 0 Å². The van der Waals surface area contributed by atoms with Crippen LogP contribution in [0.15, 0.2) is 18.2 Å². The normalized spacial score (nSPS) is 24.1. The molecule has 5 nitrogen and oxygen atoms in total. The van der Waals surface area contributed by atoms with E-state index in [-0.39, 0.29) is 12.1 Å². The molecule has 0 aromatic heterocycles. The summed E-state index contributed by atoms with van der Waals surface area (Å²) in [7, 11) is 3.46. The molecule has 1 saturated heterocycles. The lowest BCUT2D eigenvalue weighted by Crippen LogP contribution is -2.36. The summed E-state index contributed by atoms with van der Waals surface area (Å²) in [6.45, 7) is 1.41. The van der Waals surface area contributed by atoms with Gasteiger partial charge in [-0.2, -0.15) is 0 Å². The molecule has 0 radical (unpaired) electrons. The number of ether oxygens (including phenoxy) is 1. The van der Waals surface area contributed by atoms with Crippen LogP contribution in [-0.4, -0.2) is 44.5 Å². The molecule has 0 aliphatic carbocycles. The number of hydrogen-bond acceptors (Lipinski definition) is 5. The van der Waals surface area contributed by atoms with Crippen molar-refractivity contribution >= 4 is 11.4 Å². The standard InChI is InChI=1S/C12H19N3O2/c1-14-10-6-15(7-11(10)16)8-3-4-9(13)12(5-8)17-2/h3-5,10-11,14,16H,6-7,13H2,1-2H3. The molecule has 1 aromatic rings. The smallest absolute Gasteiger partial charge is 0.143 e. The Morgan fingerprint density at radius 2 is 2.24 bits per heavy atom. The van der Waals surface area contributed by atoms with Gasteiger partial charge in [0.1, 0.15) is 5.75 Å². The zero-order valence-electron chi connectivity index (χ0n) is 10.2. The van der Waals surface area contributed by atoms with E-state index in [4.69, 9.17) is 10.5 Å². The van der Waals surface area contributed by atoms with E-state index in [1.807, 2.05) is 25.2 Å². The lowest BCUT2D eigenvalue weighted by molar-refractivity contribution is 0.168. The zero-order chi connectivity index (χ0) is 12.4. The van der Waals surface area contributed by atoms with E-state index >= 15 is 0 Å². The van der Waals surface area contributed by atoms with Crippen molar-refractivity contribution in [2.24, 2.45) is 0 Å². The van der Waals surface area contributed by atoms with E-state index < -0.39 is 0 Å². The highest BCUT2D eigenvalue weighted by molar-refractivity contribution is 5.62. The van der Waals surface area contributed by atoms with Crippen LogP contribution in [0.4, 0.5) is 11.4 Å². The lowest BCUT2D eigenvalue weighted by Gasteiger charge is -2.19. The van der Waals surface area contributed by atoms with Gasteiger partial charge in [-0.05, 0) is 19.2 Å². The van der Waals surface area contributed by atoms with Crippen molar-refractivity contribution in [3.8, 4) is 5.75 Å². The maximum absolute atomic E-state index is 9.84.